The maximum Gasteiger partial charge on any atom is 0.347 e. The van der Waals surface area contributed by atoms with Crippen LogP contribution in [0.2, 0.25) is 0 Å². The molecule has 0 bridgehead atoms. The third kappa shape index (κ3) is 5.10. The number of nitrogens with one attached hydrogen (secondary N) is 1. The normalized spacial score (nSPS) is 13.4. The summed E-state index contributed by atoms with van der Waals surface area (Å²) in [4.78, 5) is 23.9. The first-order valence-corrected chi connectivity index (χ1v) is 8.29. The van der Waals surface area contributed by atoms with Gasteiger partial charge in [-0.2, -0.15) is 0 Å². The number of rotatable bonds is 6. The topological polar surface area (TPSA) is 83.1 Å². The van der Waals surface area contributed by atoms with Crippen LogP contribution in [0.3, 0.4) is 0 Å². The molecule has 0 saturated carbocycles. The predicted octanol–water partition coefficient (Wildman–Crippen LogP) is 2.55. The van der Waals surface area contributed by atoms with Crippen molar-refractivity contribution >= 4 is 17.6 Å². The van der Waals surface area contributed by atoms with E-state index in [9.17, 15) is 14.0 Å². The van der Waals surface area contributed by atoms with Gasteiger partial charge in [0.25, 0.3) is 5.91 Å². The Balaban J connectivity index is 1.46. The number of esters is 1. The van der Waals surface area contributed by atoms with Crippen LogP contribution in [0.1, 0.15) is 6.92 Å². The number of halogens is 1. The van der Waals surface area contributed by atoms with E-state index in [1.54, 1.807) is 18.2 Å². The molecule has 0 aliphatic carbocycles. The Morgan fingerprint density at radius 1 is 1.11 bits per heavy atom. The Morgan fingerprint density at radius 2 is 1.81 bits per heavy atom. The number of carbonyl (C=O) groups excluding carboxylic acids is 2. The van der Waals surface area contributed by atoms with E-state index in [-0.39, 0.29) is 0 Å². The van der Waals surface area contributed by atoms with E-state index in [2.05, 4.69) is 5.32 Å². The Kier molecular flexibility index (Phi) is 5.75. The fourth-order valence-corrected chi connectivity index (χ4v) is 2.34. The lowest BCUT2D eigenvalue weighted by Gasteiger charge is -2.19. The smallest absolute Gasteiger partial charge is 0.347 e. The van der Waals surface area contributed by atoms with Gasteiger partial charge in [0.05, 0.1) is 0 Å². The summed E-state index contributed by atoms with van der Waals surface area (Å²) in [7, 11) is 0. The van der Waals surface area contributed by atoms with Crippen molar-refractivity contribution in [2.75, 3.05) is 25.1 Å². The van der Waals surface area contributed by atoms with Gasteiger partial charge in [0, 0.05) is 11.8 Å². The molecule has 1 heterocycles. The molecule has 2 aromatic rings. The zero-order chi connectivity index (χ0) is 19.2. The molecule has 2 aromatic carbocycles. The summed E-state index contributed by atoms with van der Waals surface area (Å²) in [5.74, 6) is -0.157. The van der Waals surface area contributed by atoms with Crippen LogP contribution in [0.15, 0.2) is 42.5 Å². The molecule has 1 N–H and O–H groups in total. The number of hydrogen-bond acceptors (Lipinski definition) is 6. The van der Waals surface area contributed by atoms with Crippen LogP contribution >= 0.6 is 0 Å². The van der Waals surface area contributed by atoms with Crippen LogP contribution in [0.25, 0.3) is 0 Å². The molecule has 1 aliphatic heterocycles. The molecule has 0 fully saturated rings. The van der Waals surface area contributed by atoms with E-state index in [0.29, 0.717) is 36.1 Å². The highest BCUT2D eigenvalue weighted by Gasteiger charge is 2.18. The van der Waals surface area contributed by atoms with Gasteiger partial charge in [0.15, 0.2) is 24.2 Å². The van der Waals surface area contributed by atoms with E-state index in [0.717, 1.165) is 0 Å². The van der Waals surface area contributed by atoms with Gasteiger partial charge in [-0.1, -0.05) is 0 Å². The molecule has 1 aliphatic rings. The van der Waals surface area contributed by atoms with Crippen LogP contribution in [-0.2, 0) is 14.3 Å². The number of fused-ring (bicyclic) bond motifs is 1. The molecule has 1 amide bonds. The van der Waals surface area contributed by atoms with Crippen molar-refractivity contribution in [1.29, 1.82) is 0 Å². The van der Waals surface area contributed by atoms with Crippen molar-refractivity contribution in [1.82, 2.24) is 0 Å². The standard InChI is InChI=1S/C19H18FNO6/c1-12(27-15-5-2-13(20)3-6-15)19(23)26-11-18(22)21-14-4-7-16-17(10-14)25-9-8-24-16/h2-7,10,12H,8-9,11H2,1H3,(H,21,22)/t12-/m0/s1. The first kappa shape index (κ1) is 18.5. The Bertz CT molecular complexity index is 823. The molecule has 1 atom stereocenters. The molecular weight excluding hydrogens is 357 g/mol. The molecule has 8 heteroatoms. The summed E-state index contributed by atoms with van der Waals surface area (Å²) in [6.07, 6.45) is -0.947. The first-order chi connectivity index (χ1) is 13.0. The quantitative estimate of drug-likeness (QED) is 0.782. The van der Waals surface area contributed by atoms with E-state index in [4.69, 9.17) is 18.9 Å². The van der Waals surface area contributed by atoms with Gasteiger partial charge in [0.1, 0.15) is 24.8 Å². The molecule has 7 nitrogen and oxygen atoms in total. The number of benzene rings is 2. The van der Waals surface area contributed by atoms with Crippen molar-refractivity contribution < 1.29 is 32.9 Å². The molecule has 142 valence electrons. The number of amides is 1. The van der Waals surface area contributed by atoms with Gasteiger partial charge in [-0.3, -0.25) is 4.79 Å². The minimum Gasteiger partial charge on any atom is -0.486 e. The van der Waals surface area contributed by atoms with Crippen LogP contribution in [0.4, 0.5) is 10.1 Å². The van der Waals surface area contributed by atoms with Gasteiger partial charge >= 0.3 is 5.97 Å². The molecule has 0 radical (unpaired) electrons. The predicted molar refractivity (Wildman–Crippen MR) is 93.5 cm³/mol. The van der Waals surface area contributed by atoms with Crippen LogP contribution in [0.5, 0.6) is 17.2 Å². The summed E-state index contributed by atoms with van der Waals surface area (Å²) < 4.78 is 34.0. The minimum atomic E-state index is -0.947. The maximum atomic E-state index is 12.9. The van der Waals surface area contributed by atoms with Crippen LogP contribution in [0, 0.1) is 5.82 Å². The van der Waals surface area contributed by atoms with Crippen molar-refractivity contribution in [3.8, 4) is 17.2 Å². The van der Waals surface area contributed by atoms with E-state index < -0.39 is 30.4 Å². The number of hydrogen-bond donors (Lipinski definition) is 1. The zero-order valence-corrected chi connectivity index (χ0v) is 14.6. The van der Waals surface area contributed by atoms with Gasteiger partial charge < -0.3 is 24.3 Å². The summed E-state index contributed by atoms with van der Waals surface area (Å²) >= 11 is 0. The second-order valence-corrected chi connectivity index (χ2v) is 5.73. The van der Waals surface area contributed by atoms with E-state index in [1.165, 1.54) is 31.2 Å². The average Bonchev–Trinajstić information content (AvgIpc) is 2.67. The van der Waals surface area contributed by atoms with E-state index in [1.807, 2.05) is 0 Å². The number of anilines is 1. The van der Waals surface area contributed by atoms with Gasteiger partial charge in [-0.05, 0) is 43.3 Å². The summed E-state index contributed by atoms with van der Waals surface area (Å²) in [5, 5.41) is 2.61. The highest BCUT2D eigenvalue weighted by molar-refractivity contribution is 5.93. The van der Waals surface area contributed by atoms with Gasteiger partial charge in [0.2, 0.25) is 0 Å². The van der Waals surface area contributed by atoms with Gasteiger partial charge in [-0.15, -0.1) is 0 Å². The molecule has 3 rings (SSSR count). The number of carbonyl (C=O) groups is 2. The SMILES string of the molecule is C[C@H](Oc1ccc(F)cc1)C(=O)OCC(=O)Nc1ccc2c(c1)OCCO2. The van der Waals surface area contributed by atoms with Crippen molar-refractivity contribution in [3.05, 3.63) is 48.3 Å². The highest BCUT2D eigenvalue weighted by Crippen LogP contribution is 2.32. The van der Waals surface area contributed by atoms with Gasteiger partial charge in [-0.25, -0.2) is 9.18 Å². The third-order valence-corrected chi connectivity index (χ3v) is 3.63. The second-order valence-electron chi connectivity index (χ2n) is 5.73. The zero-order valence-electron chi connectivity index (χ0n) is 14.6. The monoisotopic (exact) mass is 375 g/mol. The fraction of sp³-hybridized carbons (Fsp3) is 0.263. The van der Waals surface area contributed by atoms with Crippen molar-refractivity contribution in [2.45, 2.75) is 13.0 Å². The minimum absolute atomic E-state index is 0.321. The summed E-state index contributed by atoms with van der Waals surface area (Å²) in [6, 6.07) is 10.2. The molecule has 0 aromatic heterocycles. The van der Waals surface area contributed by atoms with Crippen molar-refractivity contribution in [3.63, 3.8) is 0 Å². The van der Waals surface area contributed by atoms with Crippen LogP contribution in [-0.4, -0.2) is 37.8 Å². The lowest BCUT2D eigenvalue weighted by atomic mass is 10.2. The maximum absolute atomic E-state index is 12.9. The van der Waals surface area contributed by atoms with E-state index >= 15 is 0 Å². The Hall–Kier alpha value is -3.29. The van der Waals surface area contributed by atoms with Crippen LogP contribution < -0.4 is 19.5 Å². The molecule has 0 unspecified atom stereocenters. The average molecular weight is 375 g/mol. The third-order valence-electron chi connectivity index (χ3n) is 3.63. The molecule has 0 saturated heterocycles. The van der Waals surface area contributed by atoms with Crippen molar-refractivity contribution in [2.24, 2.45) is 0 Å². The lowest BCUT2D eigenvalue weighted by molar-refractivity contribution is -0.153. The Labute approximate surface area is 155 Å². The Morgan fingerprint density at radius 3 is 2.56 bits per heavy atom. The summed E-state index contributed by atoms with van der Waals surface area (Å²) in [6.45, 7) is 1.93. The molecular formula is C19H18FNO6. The lowest BCUT2D eigenvalue weighted by Crippen LogP contribution is -2.29. The highest BCUT2D eigenvalue weighted by atomic mass is 19.1. The first-order valence-electron chi connectivity index (χ1n) is 8.29. The summed E-state index contributed by atoms with van der Waals surface area (Å²) in [5.41, 5.74) is 0.496. The fourth-order valence-electron chi connectivity index (χ4n) is 2.34. The number of ether oxygens (including phenoxy) is 4. The molecule has 27 heavy (non-hydrogen) atoms. The molecule has 0 spiro atoms. The second kappa shape index (κ2) is 8.39. The largest absolute Gasteiger partial charge is 0.486 e.